The van der Waals surface area contributed by atoms with Gasteiger partial charge in [-0.15, -0.1) is 0 Å². The van der Waals surface area contributed by atoms with E-state index in [1.165, 1.54) is 12.1 Å². The summed E-state index contributed by atoms with van der Waals surface area (Å²) in [6.45, 7) is 1.68. The predicted molar refractivity (Wildman–Crippen MR) is 54.1 cm³/mol. The molecule has 1 aromatic rings. The molecule has 1 aromatic carbocycles. The monoisotopic (exact) mass is 213 g/mol. The summed E-state index contributed by atoms with van der Waals surface area (Å²) in [6.07, 6.45) is 0.906. The second-order valence-corrected chi connectivity index (χ2v) is 5.10. The average molecular weight is 213 g/mol. The summed E-state index contributed by atoms with van der Waals surface area (Å²) in [7, 11) is -1.07. The third-order valence-electron chi connectivity index (χ3n) is 2.35. The fraction of sp³-hybridized carbons (Fsp3) is 0.400. The Hall–Kier alpha value is -0.740. The Balaban J connectivity index is 2.17. The van der Waals surface area contributed by atoms with Crippen LogP contribution in [0.1, 0.15) is 6.42 Å². The maximum Gasteiger partial charge on any atom is 0.124 e. The number of hydrogen-bond donors (Lipinski definition) is 1. The number of hydrogen-bond acceptors (Lipinski definition) is 2. The van der Waals surface area contributed by atoms with E-state index in [0.29, 0.717) is 4.90 Å². The van der Waals surface area contributed by atoms with Crippen LogP contribution in [0, 0.1) is 5.82 Å². The molecule has 2 nitrogen and oxygen atoms in total. The molecule has 1 saturated heterocycles. The molecule has 1 heterocycles. The number of rotatable bonds is 2. The average Bonchev–Trinajstić information content (AvgIpc) is 2.69. The van der Waals surface area contributed by atoms with Crippen LogP contribution in [-0.4, -0.2) is 22.5 Å². The molecule has 0 spiro atoms. The topological polar surface area (TPSA) is 29.1 Å². The van der Waals surface area contributed by atoms with Gasteiger partial charge in [0, 0.05) is 11.4 Å². The first-order chi connectivity index (χ1) is 6.77. The quantitative estimate of drug-likeness (QED) is 0.802. The van der Waals surface area contributed by atoms with E-state index in [1.807, 2.05) is 0 Å². The van der Waals surface area contributed by atoms with Crippen molar-refractivity contribution in [1.29, 1.82) is 0 Å². The molecule has 76 valence electrons. The Labute approximate surface area is 85.0 Å². The van der Waals surface area contributed by atoms with Gasteiger partial charge in [0.25, 0.3) is 0 Å². The molecule has 1 aliphatic rings. The Morgan fingerprint density at radius 2 is 2.36 bits per heavy atom. The molecule has 0 aromatic heterocycles. The normalized spacial score (nSPS) is 23.6. The van der Waals surface area contributed by atoms with E-state index >= 15 is 0 Å². The third kappa shape index (κ3) is 2.01. The Bertz CT molecular complexity index is 350. The molecule has 4 heteroatoms. The first-order valence-corrected chi connectivity index (χ1v) is 5.85. The van der Waals surface area contributed by atoms with Gasteiger partial charge in [-0.3, -0.25) is 4.21 Å². The van der Waals surface area contributed by atoms with Gasteiger partial charge in [-0.1, -0.05) is 6.07 Å². The van der Waals surface area contributed by atoms with Crippen LogP contribution in [0.3, 0.4) is 0 Å². The zero-order chi connectivity index (χ0) is 9.97. The fourth-order valence-electron chi connectivity index (χ4n) is 1.60. The lowest BCUT2D eigenvalue weighted by molar-refractivity contribution is 0.622. The summed E-state index contributed by atoms with van der Waals surface area (Å²) < 4.78 is 24.8. The molecular formula is C10H12FNOS. The first kappa shape index (κ1) is 9.80. The molecule has 2 rings (SSSR count). The van der Waals surface area contributed by atoms with Crippen molar-refractivity contribution in [1.82, 2.24) is 5.32 Å². The zero-order valence-corrected chi connectivity index (χ0v) is 8.52. The molecule has 2 unspecified atom stereocenters. The van der Waals surface area contributed by atoms with Crippen LogP contribution in [0.15, 0.2) is 29.2 Å². The van der Waals surface area contributed by atoms with Gasteiger partial charge >= 0.3 is 0 Å². The first-order valence-electron chi connectivity index (χ1n) is 4.64. The summed E-state index contributed by atoms with van der Waals surface area (Å²) in [5.74, 6) is -0.318. The molecule has 1 N–H and O–H groups in total. The third-order valence-corrected chi connectivity index (χ3v) is 4.07. The van der Waals surface area contributed by atoms with Crippen LogP contribution in [-0.2, 0) is 10.8 Å². The smallest absolute Gasteiger partial charge is 0.124 e. The molecule has 1 fully saturated rings. The van der Waals surface area contributed by atoms with E-state index < -0.39 is 10.8 Å². The molecule has 0 amide bonds. The van der Waals surface area contributed by atoms with Gasteiger partial charge in [0.05, 0.1) is 16.0 Å². The van der Waals surface area contributed by atoms with E-state index in [1.54, 1.807) is 12.1 Å². The molecule has 0 radical (unpaired) electrons. The van der Waals surface area contributed by atoms with Crippen LogP contribution in [0.2, 0.25) is 0 Å². The van der Waals surface area contributed by atoms with Crippen molar-refractivity contribution in [2.75, 3.05) is 13.1 Å². The SMILES string of the molecule is O=S(c1cccc(F)c1)C1CCNC1. The lowest BCUT2D eigenvalue weighted by atomic mass is 10.3. The van der Waals surface area contributed by atoms with Crippen LogP contribution >= 0.6 is 0 Å². The second-order valence-electron chi connectivity index (χ2n) is 3.37. The van der Waals surface area contributed by atoms with Crippen LogP contribution in [0.25, 0.3) is 0 Å². The lowest BCUT2D eigenvalue weighted by Crippen LogP contribution is -2.18. The minimum absolute atomic E-state index is 0.136. The van der Waals surface area contributed by atoms with E-state index in [0.717, 1.165) is 19.5 Å². The van der Waals surface area contributed by atoms with Gasteiger partial charge in [0.15, 0.2) is 0 Å². The Kier molecular flexibility index (Phi) is 2.93. The highest BCUT2D eigenvalue weighted by Gasteiger charge is 2.22. The van der Waals surface area contributed by atoms with Crippen molar-refractivity contribution in [3.05, 3.63) is 30.1 Å². The highest BCUT2D eigenvalue weighted by atomic mass is 32.2. The Morgan fingerprint density at radius 3 is 3.00 bits per heavy atom. The van der Waals surface area contributed by atoms with Crippen LogP contribution in [0.5, 0.6) is 0 Å². The van der Waals surface area contributed by atoms with E-state index in [9.17, 15) is 8.60 Å². The van der Waals surface area contributed by atoms with Crippen LogP contribution < -0.4 is 5.32 Å². The standard InChI is InChI=1S/C10H12FNOS/c11-8-2-1-3-9(6-8)14(13)10-4-5-12-7-10/h1-3,6,10,12H,4-5,7H2. The summed E-state index contributed by atoms with van der Waals surface area (Å²) >= 11 is 0. The van der Waals surface area contributed by atoms with Crippen LogP contribution in [0.4, 0.5) is 4.39 Å². The zero-order valence-electron chi connectivity index (χ0n) is 7.70. The lowest BCUT2D eigenvalue weighted by Gasteiger charge is -2.07. The summed E-state index contributed by atoms with van der Waals surface area (Å²) in [5.41, 5.74) is 0. The molecule has 0 bridgehead atoms. The van der Waals surface area contributed by atoms with Crippen molar-refractivity contribution in [3.8, 4) is 0 Å². The number of halogens is 1. The van der Waals surface area contributed by atoms with Crippen molar-refractivity contribution in [2.24, 2.45) is 0 Å². The molecule has 2 atom stereocenters. The van der Waals surface area contributed by atoms with E-state index in [-0.39, 0.29) is 11.1 Å². The van der Waals surface area contributed by atoms with Gasteiger partial charge in [-0.05, 0) is 31.2 Å². The maximum atomic E-state index is 12.9. The Morgan fingerprint density at radius 1 is 1.50 bits per heavy atom. The largest absolute Gasteiger partial charge is 0.315 e. The van der Waals surface area contributed by atoms with Crippen molar-refractivity contribution >= 4 is 10.8 Å². The second kappa shape index (κ2) is 4.19. The van der Waals surface area contributed by atoms with E-state index in [2.05, 4.69) is 5.32 Å². The van der Waals surface area contributed by atoms with Gasteiger partial charge in [-0.2, -0.15) is 0 Å². The fourth-order valence-corrected chi connectivity index (χ4v) is 3.02. The van der Waals surface area contributed by atoms with Crippen molar-refractivity contribution in [3.63, 3.8) is 0 Å². The summed E-state index contributed by atoms with van der Waals surface area (Å²) in [4.78, 5) is 0.596. The van der Waals surface area contributed by atoms with Crippen molar-refractivity contribution < 1.29 is 8.60 Å². The highest BCUT2D eigenvalue weighted by molar-refractivity contribution is 7.85. The molecular weight excluding hydrogens is 201 g/mol. The summed E-state index contributed by atoms with van der Waals surface area (Å²) in [6, 6.07) is 6.05. The van der Waals surface area contributed by atoms with Gasteiger partial charge in [0.2, 0.25) is 0 Å². The maximum absolute atomic E-state index is 12.9. The summed E-state index contributed by atoms with van der Waals surface area (Å²) in [5, 5.41) is 3.29. The molecule has 14 heavy (non-hydrogen) atoms. The molecule has 0 aliphatic carbocycles. The molecule has 1 aliphatic heterocycles. The van der Waals surface area contributed by atoms with Crippen molar-refractivity contribution in [2.45, 2.75) is 16.6 Å². The van der Waals surface area contributed by atoms with E-state index in [4.69, 9.17) is 0 Å². The number of benzene rings is 1. The minimum atomic E-state index is -1.07. The predicted octanol–water partition coefficient (Wildman–Crippen LogP) is 1.30. The molecule has 0 saturated carbocycles. The van der Waals surface area contributed by atoms with Gasteiger partial charge < -0.3 is 5.32 Å². The van der Waals surface area contributed by atoms with Gasteiger partial charge in [-0.25, -0.2) is 4.39 Å². The van der Waals surface area contributed by atoms with Gasteiger partial charge in [0.1, 0.15) is 5.82 Å². The minimum Gasteiger partial charge on any atom is -0.315 e. The number of nitrogens with one attached hydrogen (secondary N) is 1. The highest BCUT2D eigenvalue weighted by Crippen LogP contribution is 2.16.